The summed E-state index contributed by atoms with van der Waals surface area (Å²) in [5.74, 6) is 6.96. The zero-order valence-electron chi connectivity index (χ0n) is 13.7. The van der Waals surface area contributed by atoms with Gasteiger partial charge in [-0.25, -0.2) is 13.1 Å². The highest BCUT2D eigenvalue weighted by Gasteiger charge is 2.16. The van der Waals surface area contributed by atoms with E-state index in [0.29, 0.717) is 21.6 Å². The Morgan fingerprint density at radius 2 is 1.72 bits per heavy atom. The lowest BCUT2D eigenvalue weighted by molar-refractivity contribution is 0.597. The minimum Gasteiger partial charge on any atom is -0.335 e. The number of nitrogens with zero attached hydrogens (tertiary/aromatic N) is 3. The highest BCUT2D eigenvalue weighted by atomic mass is 32.2. The van der Waals surface area contributed by atoms with Crippen LogP contribution in [0.1, 0.15) is 5.56 Å². The number of nitrogens with two attached hydrogens (primary N) is 1. The van der Waals surface area contributed by atoms with Gasteiger partial charge in [0, 0.05) is 11.3 Å². The van der Waals surface area contributed by atoms with E-state index in [4.69, 9.17) is 5.84 Å². The molecule has 0 saturated heterocycles. The van der Waals surface area contributed by atoms with Crippen LogP contribution in [0.25, 0.3) is 11.4 Å². The van der Waals surface area contributed by atoms with E-state index in [-0.39, 0.29) is 5.75 Å². The van der Waals surface area contributed by atoms with Crippen molar-refractivity contribution in [2.75, 3.05) is 17.3 Å². The normalized spacial score (nSPS) is 11.6. The van der Waals surface area contributed by atoms with Crippen LogP contribution < -0.4 is 5.84 Å². The van der Waals surface area contributed by atoms with Crippen LogP contribution in [0.3, 0.4) is 0 Å². The fraction of sp³-hybridized carbons (Fsp3) is 0.176. The lowest BCUT2D eigenvalue weighted by Gasteiger charge is -2.05. The predicted octanol–water partition coefficient (Wildman–Crippen LogP) is 2.53. The van der Waals surface area contributed by atoms with Crippen molar-refractivity contribution in [1.82, 2.24) is 14.9 Å². The number of hydrogen-bond acceptors (Lipinski definition) is 6. The molecule has 0 bridgehead atoms. The maximum Gasteiger partial charge on any atom is 0.210 e. The minimum absolute atomic E-state index is 0.00834. The molecule has 0 aliphatic carbocycles. The lowest BCUT2D eigenvalue weighted by atomic mass is 10.1. The zero-order chi connectivity index (χ0) is 17.9. The molecule has 3 rings (SSSR count). The van der Waals surface area contributed by atoms with Crippen molar-refractivity contribution in [3.05, 3.63) is 60.2 Å². The van der Waals surface area contributed by atoms with Gasteiger partial charge in [0.25, 0.3) is 0 Å². The van der Waals surface area contributed by atoms with E-state index in [9.17, 15) is 8.42 Å². The van der Waals surface area contributed by atoms with Crippen LogP contribution in [-0.2, 0) is 9.84 Å². The van der Waals surface area contributed by atoms with Gasteiger partial charge in [0.05, 0.1) is 10.6 Å². The molecule has 8 heteroatoms. The second-order valence-corrected chi connectivity index (χ2v) is 8.69. The van der Waals surface area contributed by atoms with Gasteiger partial charge in [-0.2, -0.15) is 0 Å². The van der Waals surface area contributed by atoms with E-state index in [0.717, 1.165) is 11.1 Å². The summed E-state index contributed by atoms with van der Waals surface area (Å²) in [6.45, 7) is 2.01. The molecule has 2 N–H and O–H groups in total. The van der Waals surface area contributed by atoms with Crippen LogP contribution >= 0.6 is 11.8 Å². The number of sulfone groups is 1. The summed E-state index contributed by atoms with van der Waals surface area (Å²) in [5, 5.41) is 8.65. The Labute approximate surface area is 151 Å². The molecule has 25 heavy (non-hydrogen) atoms. The lowest BCUT2D eigenvalue weighted by Crippen LogP contribution is -2.13. The minimum atomic E-state index is -3.31. The molecule has 6 nitrogen and oxygen atoms in total. The van der Waals surface area contributed by atoms with Gasteiger partial charge in [-0.3, -0.25) is 0 Å². The molecule has 130 valence electrons. The van der Waals surface area contributed by atoms with Crippen molar-refractivity contribution in [1.29, 1.82) is 0 Å². The van der Waals surface area contributed by atoms with Crippen molar-refractivity contribution in [2.24, 2.45) is 0 Å². The fourth-order valence-electron chi connectivity index (χ4n) is 2.26. The SMILES string of the molecule is Cc1ccc(-c2nnc(SCCS(=O)(=O)c3ccccc3)n2N)cc1. The van der Waals surface area contributed by atoms with Gasteiger partial charge in [-0.05, 0) is 19.1 Å². The molecule has 0 aliphatic heterocycles. The molecule has 1 heterocycles. The molecule has 0 unspecified atom stereocenters. The Hall–Kier alpha value is -2.32. The topological polar surface area (TPSA) is 90.9 Å². The van der Waals surface area contributed by atoms with Gasteiger partial charge < -0.3 is 5.84 Å². The molecule has 0 aliphatic rings. The molecule has 0 saturated carbocycles. The quantitative estimate of drug-likeness (QED) is 0.527. The van der Waals surface area contributed by atoms with Gasteiger partial charge in [0.1, 0.15) is 0 Å². The number of thioether (sulfide) groups is 1. The Morgan fingerprint density at radius 3 is 2.40 bits per heavy atom. The number of aromatic nitrogens is 3. The summed E-state index contributed by atoms with van der Waals surface area (Å²) in [6, 6.07) is 16.2. The number of hydrogen-bond donors (Lipinski definition) is 1. The fourth-order valence-corrected chi connectivity index (χ4v) is 4.79. The molecule has 0 spiro atoms. The van der Waals surface area contributed by atoms with Crippen molar-refractivity contribution >= 4 is 21.6 Å². The highest BCUT2D eigenvalue weighted by molar-refractivity contribution is 8.00. The maximum atomic E-state index is 12.3. The largest absolute Gasteiger partial charge is 0.335 e. The number of nitrogen functional groups attached to an aromatic ring is 1. The first-order valence-electron chi connectivity index (χ1n) is 7.65. The molecule has 3 aromatic rings. The Kier molecular flexibility index (Phi) is 5.10. The van der Waals surface area contributed by atoms with Crippen LogP contribution in [-0.4, -0.2) is 34.8 Å². The van der Waals surface area contributed by atoms with E-state index in [1.165, 1.54) is 16.4 Å². The summed E-state index contributed by atoms with van der Waals surface area (Å²) in [5.41, 5.74) is 2.01. The first-order chi connectivity index (χ1) is 12.0. The molecule has 0 fully saturated rings. The van der Waals surface area contributed by atoms with E-state index in [1.807, 2.05) is 31.2 Å². The van der Waals surface area contributed by atoms with Crippen LogP contribution in [0, 0.1) is 6.92 Å². The van der Waals surface area contributed by atoms with E-state index in [2.05, 4.69) is 10.2 Å². The van der Waals surface area contributed by atoms with Gasteiger partial charge in [-0.1, -0.05) is 59.8 Å². The molecular weight excluding hydrogens is 356 g/mol. The third-order valence-corrected chi connectivity index (χ3v) is 6.60. The third kappa shape index (κ3) is 4.02. The van der Waals surface area contributed by atoms with Crippen LogP contribution in [0.15, 0.2) is 64.6 Å². The summed E-state index contributed by atoms with van der Waals surface area (Å²) in [4.78, 5) is 0.324. The first-order valence-corrected chi connectivity index (χ1v) is 10.3. The number of aryl methyl sites for hydroxylation is 1. The second kappa shape index (κ2) is 7.28. The Morgan fingerprint density at radius 1 is 1.04 bits per heavy atom. The first kappa shape index (κ1) is 17.5. The molecular formula is C17H18N4O2S2. The van der Waals surface area contributed by atoms with Gasteiger partial charge >= 0.3 is 0 Å². The monoisotopic (exact) mass is 374 g/mol. The summed E-state index contributed by atoms with van der Waals surface area (Å²) in [7, 11) is -3.31. The van der Waals surface area contributed by atoms with E-state index < -0.39 is 9.84 Å². The van der Waals surface area contributed by atoms with Crippen molar-refractivity contribution < 1.29 is 8.42 Å². The second-order valence-electron chi connectivity index (χ2n) is 5.52. The maximum absolute atomic E-state index is 12.3. The van der Waals surface area contributed by atoms with Gasteiger partial charge in [0.2, 0.25) is 5.16 Å². The van der Waals surface area contributed by atoms with Crippen molar-refractivity contribution in [2.45, 2.75) is 17.0 Å². The van der Waals surface area contributed by atoms with Crippen molar-refractivity contribution in [3.8, 4) is 11.4 Å². The molecule has 0 atom stereocenters. The third-order valence-electron chi connectivity index (χ3n) is 3.66. The number of rotatable bonds is 6. The van der Waals surface area contributed by atoms with Gasteiger partial charge in [-0.15, -0.1) is 10.2 Å². The average Bonchev–Trinajstić information content (AvgIpc) is 2.97. The van der Waals surface area contributed by atoms with E-state index >= 15 is 0 Å². The smallest absolute Gasteiger partial charge is 0.210 e. The summed E-state index contributed by atoms with van der Waals surface area (Å²) in [6.07, 6.45) is 0. The zero-order valence-corrected chi connectivity index (χ0v) is 15.3. The van der Waals surface area contributed by atoms with Gasteiger partial charge in [0.15, 0.2) is 15.7 Å². The van der Waals surface area contributed by atoms with Crippen LogP contribution in [0.5, 0.6) is 0 Å². The summed E-state index contributed by atoms with van der Waals surface area (Å²) < 4.78 is 26.0. The summed E-state index contributed by atoms with van der Waals surface area (Å²) >= 11 is 1.27. The van der Waals surface area contributed by atoms with Crippen LogP contribution in [0.2, 0.25) is 0 Å². The molecule has 0 radical (unpaired) electrons. The average molecular weight is 374 g/mol. The Bertz CT molecular complexity index is 952. The predicted molar refractivity (Wildman–Crippen MR) is 99.6 cm³/mol. The highest BCUT2D eigenvalue weighted by Crippen LogP contribution is 2.22. The van der Waals surface area contributed by atoms with Crippen molar-refractivity contribution in [3.63, 3.8) is 0 Å². The Balaban J connectivity index is 1.68. The number of benzene rings is 2. The molecule has 1 aromatic heterocycles. The molecule has 0 amide bonds. The van der Waals surface area contributed by atoms with Crippen LogP contribution in [0.4, 0.5) is 0 Å². The molecule has 2 aromatic carbocycles. The standard InChI is InChI=1S/C17H18N4O2S2/c1-13-7-9-14(10-8-13)16-19-20-17(21(16)18)24-11-12-25(22,23)15-5-3-2-4-6-15/h2-10H,11-12,18H2,1H3. The van der Waals surface area contributed by atoms with E-state index in [1.54, 1.807) is 30.3 Å².